The van der Waals surface area contributed by atoms with Crippen LogP contribution in [0, 0.1) is 25.2 Å². The molecule has 0 saturated carbocycles. The van der Waals surface area contributed by atoms with Crippen LogP contribution >= 0.6 is 15.9 Å². The summed E-state index contributed by atoms with van der Waals surface area (Å²) in [6.07, 6.45) is 0. The van der Waals surface area contributed by atoms with Crippen LogP contribution in [-0.2, 0) is 6.54 Å². The molecule has 0 spiro atoms. The summed E-state index contributed by atoms with van der Waals surface area (Å²) in [7, 11) is 0. The minimum atomic E-state index is 0.0628. The average Bonchev–Trinajstić information content (AvgIpc) is 2.45. The van der Waals surface area contributed by atoms with Gasteiger partial charge in [-0.15, -0.1) is 0 Å². The van der Waals surface area contributed by atoms with Crippen molar-refractivity contribution in [3.63, 3.8) is 0 Å². The topological polar surface area (TPSA) is 45.0 Å². The van der Waals surface area contributed by atoms with E-state index in [-0.39, 0.29) is 6.61 Å². The molecule has 0 amide bonds. The maximum absolute atomic E-state index is 8.63. The van der Waals surface area contributed by atoms with Crippen LogP contribution in [0.3, 0.4) is 0 Å². The predicted octanol–water partition coefficient (Wildman–Crippen LogP) is 4.58. The zero-order chi connectivity index (χ0) is 15.2. The highest BCUT2D eigenvalue weighted by atomic mass is 79.9. The van der Waals surface area contributed by atoms with Gasteiger partial charge >= 0.3 is 0 Å². The van der Waals surface area contributed by atoms with E-state index in [1.807, 2.05) is 30.3 Å². The lowest BCUT2D eigenvalue weighted by molar-refractivity contribution is 0.364. The molecule has 0 bridgehead atoms. The van der Waals surface area contributed by atoms with Gasteiger partial charge < -0.3 is 10.1 Å². The third-order valence-electron chi connectivity index (χ3n) is 3.22. The Morgan fingerprint density at radius 1 is 1.19 bits per heavy atom. The van der Waals surface area contributed by atoms with Gasteiger partial charge in [-0.05, 0) is 43.2 Å². The molecule has 2 aromatic carbocycles. The van der Waals surface area contributed by atoms with Crippen molar-refractivity contribution in [2.45, 2.75) is 20.4 Å². The van der Waals surface area contributed by atoms with Gasteiger partial charge in [0, 0.05) is 22.3 Å². The number of nitrogens with zero attached hydrogens (tertiary/aromatic N) is 1. The minimum Gasteiger partial charge on any atom is -0.478 e. The Morgan fingerprint density at radius 2 is 1.86 bits per heavy atom. The lowest BCUT2D eigenvalue weighted by atomic mass is 10.1. The summed E-state index contributed by atoms with van der Waals surface area (Å²) in [5, 5.41) is 12.1. The first-order valence-electron chi connectivity index (χ1n) is 6.70. The SMILES string of the molecule is Cc1cc(Br)cc(C)c1NCc1ccccc1OCC#N. The van der Waals surface area contributed by atoms with Crippen molar-refractivity contribution in [2.75, 3.05) is 11.9 Å². The molecule has 108 valence electrons. The molecule has 21 heavy (non-hydrogen) atoms. The molecule has 3 nitrogen and oxygen atoms in total. The van der Waals surface area contributed by atoms with Crippen LogP contribution in [0.15, 0.2) is 40.9 Å². The number of nitriles is 1. The second kappa shape index (κ2) is 7.14. The van der Waals surface area contributed by atoms with Gasteiger partial charge in [-0.3, -0.25) is 0 Å². The van der Waals surface area contributed by atoms with Crippen molar-refractivity contribution in [2.24, 2.45) is 0 Å². The van der Waals surface area contributed by atoms with E-state index < -0.39 is 0 Å². The molecule has 0 unspecified atom stereocenters. The normalized spacial score (nSPS) is 10.0. The third-order valence-corrected chi connectivity index (χ3v) is 3.68. The summed E-state index contributed by atoms with van der Waals surface area (Å²) in [5.41, 5.74) is 4.55. The summed E-state index contributed by atoms with van der Waals surface area (Å²) in [6.45, 7) is 4.88. The van der Waals surface area contributed by atoms with Gasteiger partial charge in [-0.1, -0.05) is 34.1 Å². The van der Waals surface area contributed by atoms with E-state index in [9.17, 15) is 0 Å². The quantitative estimate of drug-likeness (QED) is 0.863. The molecular formula is C17H17BrN2O. The molecule has 2 rings (SSSR count). The maximum atomic E-state index is 8.63. The molecule has 0 atom stereocenters. The van der Waals surface area contributed by atoms with Gasteiger partial charge in [0.1, 0.15) is 11.8 Å². The Labute approximate surface area is 133 Å². The number of hydrogen-bond donors (Lipinski definition) is 1. The number of aryl methyl sites for hydroxylation is 2. The Hall–Kier alpha value is -1.99. The van der Waals surface area contributed by atoms with Crippen molar-refractivity contribution in [1.82, 2.24) is 0 Å². The smallest absolute Gasteiger partial charge is 0.174 e. The summed E-state index contributed by atoms with van der Waals surface area (Å²) in [6, 6.07) is 13.9. The van der Waals surface area contributed by atoms with Gasteiger partial charge in [-0.2, -0.15) is 5.26 Å². The minimum absolute atomic E-state index is 0.0628. The number of nitrogens with one attached hydrogen (secondary N) is 1. The second-order valence-corrected chi connectivity index (χ2v) is 5.74. The maximum Gasteiger partial charge on any atom is 0.174 e. The van der Waals surface area contributed by atoms with Crippen LogP contribution in [0.4, 0.5) is 5.69 Å². The zero-order valence-electron chi connectivity index (χ0n) is 12.1. The Bertz CT molecular complexity index is 654. The highest BCUT2D eigenvalue weighted by Crippen LogP contribution is 2.26. The van der Waals surface area contributed by atoms with Crippen LogP contribution in [-0.4, -0.2) is 6.61 Å². The number of benzene rings is 2. The summed E-state index contributed by atoms with van der Waals surface area (Å²) < 4.78 is 6.53. The van der Waals surface area contributed by atoms with Crippen LogP contribution in [0.5, 0.6) is 5.75 Å². The Balaban J connectivity index is 2.16. The van der Waals surface area contributed by atoms with Crippen molar-refractivity contribution in [3.8, 4) is 11.8 Å². The summed E-state index contributed by atoms with van der Waals surface area (Å²) >= 11 is 3.50. The highest BCUT2D eigenvalue weighted by Gasteiger charge is 2.07. The van der Waals surface area contributed by atoms with Crippen molar-refractivity contribution < 1.29 is 4.74 Å². The van der Waals surface area contributed by atoms with Crippen LogP contribution in [0.25, 0.3) is 0 Å². The van der Waals surface area contributed by atoms with E-state index >= 15 is 0 Å². The van der Waals surface area contributed by atoms with Crippen LogP contribution in [0.2, 0.25) is 0 Å². The van der Waals surface area contributed by atoms with Gasteiger partial charge in [0.05, 0.1) is 0 Å². The fourth-order valence-electron chi connectivity index (χ4n) is 2.27. The van der Waals surface area contributed by atoms with Gasteiger partial charge in [0.25, 0.3) is 0 Å². The fourth-order valence-corrected chi connectivity index (χ4v) is 2.96. The third kappa shape index (κ3) is 3.99. The molecule has 0 aliphatic rings. The number of halogens is 1. The molecular weight excluding hydrogens is 328 g/mol. The lowest BCUT2D eigenvalue weighted by Gasteiger charge is -2.15. The number of rotatable bonds is 5. The molecule has 0 aliphatic heterocycles. The number of ether oxygens (including phenoxy) is 1. The van der Waals surface area contributed by atoms with E-state index in [4.69, 9.17) is 10.00 Å². The molecule has 0 heterocycles. The first-order valence-corrected chi connectivity index (χ1v) is 7.49. The first kappa shape index (κ1) is 15.4. The van der Waals surface area contributed by atoms with E-state index in [1.54, 1.807) is 0 Å². The Morgan fingerprint density at radius 3 is 2.52 bits per heavy atom. The largest absolute Gasteiger partial charge is 0.478 e. The number of anilines is 1. The van der Waals surface area contributed by atoms with Crippen LogP contribution in [0.1, 0.15) is 16.7 Å². The number of hydrogen-bond acceptors (Lipinski definition) is 3. The Kier molecular flexibility index (Phi) is 5.24. The van der Waals surface area contributed by atoms with Gasteiger partial charge in [0.15, 0.2) is 6.61 Å². The van der Waals surface area contributed by atoms with Crippen molar-refractivity contribution in [3.05, 3.63) is 57.6 Å². The summed E-state index contributed by atoms with van der Waals surface area (Å²) in [4.78, 5) is 0. The van der Waals surface area contributed by atoms with Gasteiger partial charge in [-0.25, -0.2) is 0 Å². The first-order chi connectivity index (χ1) is 10.1. The number of para-hydroxylation sites is 1. The predicted molar refractivity (Wildman–Crippen MR) is 88.5 cm³/mol. The van der Waals surface area contributed by atoms with Crippen LogP contribution < -0.4 is 10.1 Å². The molecule has 4 heteroatoms. The molecule has 0 fully saturated rings. The zero-order valence-corrected chi connectivity index (χ0v) is 13.7. The summed E-state index contributed by atoms with van der Waals surface area (Å²) in [5.74, 6) is 0.749. The highest BCUT2D eigenvalue weighted by molar-refractivity contribution is 9.10. The van der Waals surface area contributed by atoms with E-state index in [0.29, 0.717) is 6.54 Å². The molecule has 0 aromatic heterocycles. The lowest BCUT2D eigenvalue weighted by Crippen LogP contribution is -2.05. The molecule has 1 N–H and O–H groups in total. The van der Waals surface area contributed by atoms with E-state index in [2.05, 4.69) is 47.2 Å². The van der Waals surface area contributed by atoms with Gasteiger partial charge in [0.2, 0.25) is 0 Å². The molecule has 0 saturated heterocycles. The monoisotopic (exact) mass is 344 g/mol. The van der Waals surface area contributed by atoms with Crippen molar-refractivity contribution in [1.29, 1.82) is 5.26 Å². The van der Waals surface area contributed by atoms with E-state index in [0.717, 1.165) is 21.5 Å². The second-order valence-electron chi connectivity index (χ2n) is 4.82. The fraction of sp³-hybridized carbons (Fsp3) is 0.235. The molecule has 0 aliphatic carbocycles. The average molecular weight is 345 g/mol. The molecule has 0 radical (unpaired) electrons. The molecule has 2 aromatic rings. The standard InChI is InChI=1S/C17H17BrN2O/c1-12-9-15(18)10-13(2)17(12)20-11-14-5-3-4-6-16(14)21-8-7-19/h3-6,9-10,20H,8,11H2,1-2H3. The van der Waals surface area contributed by atoms with Crippen molar-refractivity contribution >= 4 is 21.6 Å². The van der Waals surface area contributed by atoms with E-state index in [1.165, 1.54) is 11.1 Å².